The zero-order valence-corrected chi connectivity index (χ0v) is 37.2. The van der Waals surface area contributed by atoms with Crippen LogP contribution in [0.2, 0.25) is 0 Å². The second kappa shape index (κ2) is 20.7. The van der Waals surface area contributed by atoms with E-state index in [1.165, 1.54) is 11.1 Å². The second-order valence-corrected chi connectivity index (χ2v) is 15.4. The number of aliphatic imine (C=N–C) groups is 1. The summed E-state index contributed by atoms with van der Waals surface area (Å²) >= 11 is 0. The summed E-state index contributed by atoms with van der Waals surface area (Å²) in [6.07, 6.45) is 9.29. The molecule has 0 fully saturated rings. The van der Waals surface area contributed by atoms with Gasteiger partial charge in [0.25, 0.3) is 0 Å². The average molecular weight is 816 g/mol. The predicted octanol–water partition coefficient (Wildman–Crippen LogP) is 15.7. The van der Waals surface area contributed by atoms with Crippen LogP contribution in [0.25, 0.3) is 61.9 Å². The highest BCUT2D eigenvalue weighted by Gasteiger charge is 2.17. The van der Waals surface area contributed by atoms with Gasteiger partial charge in [-0.25, -0.2) is 15.0 Å². The summed E-state index contributed by atoms with van der Waals surface area (Å²) in [5.74, 6) is 7.37. The summed E-state index contributed by atoms with van der Waals surface area (Å²) in [6.45, 7) is 16.9. The van der Waals surface area contributed by atoms with Crippen molar-refractivity contribution in [2.75, 3.05) is 0 Å². The van der Waals surface area contributed by atoms with Crippen LogP contribution in [0.15, 0.2) is 211 Å². The Morgan fingerprint density at radius 1 is 0.619 bits per heavy atom. The van der Waals surface area contributed by atoms with Gasteiger partial charge in [-0.15, -0.1) is 5.92 Å². The van der Waals surface area contributed by atoms with Crippen molar-refractivity contribution in [3.8, 4) is 56.9 Å². The van der Waals surface area contributed by atoms with Crippen LogP contribution in [-0.2, 0) is 0 Å². The maximum absolute atomic E-state index is 5.40. The molecule has 7 aromatic rings. The number of allylic oxidation sites excluding steroid dienone is 8. The van der Waals surface area contributed by atoms with E-state index in [0.29, 0.717) is 5.82 Å². The molecule has 0 spiro atoms. The number of hydrogen-bond donors (Lipinski definition) is 0. The van der Waals surface area contributed by atoms with E-state index in [1.807, 2.05) is 43.3 Å². The van der Waals surface area contributed by atoms with Crippen molar-refractivity contribution in [1.29, 1.82) is 0 Å². The lowest BCUT2D eigenvalue weighted by Gasteiger charge is -2.15. The Kier molecular flexibility index (Phi) is 14.3. The molecule has 7 rings (SSSR count). The van der Waals surface area contributed by atoms with Gasteiger partial charge in [0.05, 0.1) is 22.8 Å². The summed E-state index contributed by atoms with van der Waals surface area (Å²) in [7, 11) is 0. The van der Waals surface area contributed by atoms with Crippen molar-refractivity contribution in [3.63, 3.8) is 0 Å². The van der Waals surface area contributed by atoms with E-state index in [9.17, 15) is 0 Å². The zero-order valence-electron chi connectivity index (χ0n) is 37.2. The van der Waals surface area contributed by atoms with Gasteiger partial charge in [-0.3, -0.25) is 0 Å². The molecule has 0 amide bonds. The van der Waals surface area contributed by atoms with Crippen molar-refractivity contribution in [1.82, 2.24) is 9.97 Å². The molecule has 3 nitrogen and oxygen atoms in total. The highest BCUT2D eigenvalue weighted by molar-refractivity contribution is 6.17. The lowest BCUT2D eigenvalue weighted by molar-refractivity contribution is 1.15. The summed E-state index contributed by atoms with van der Waals surface area (Å²) in [5, 5.41) is 0. The first-order valence-corrected chi connectivity index (χ1v) is 21.6. The molecule has 0 aliphatic rings. The predicted molar refractivity (Wildman–Crippen MR) is 270 cm³/mol. The van der Waals surface area contributed by atoms with Gasteiger partial charge in [-0.2, -0.15) is 0 Å². The molecule has 0 aliphatic carbocycles. The van der Waals surface area contributed by atoms with Crippen LogP contribution in [0.4, 0.5) is 0 Å². The molecule has 0 saturated carbocycles. The standard InChI is InChI=1S/C60H53N3/c1-8-24-55-53(46(10-3)37-36-42(4)57(44(6)43(5)47-26-15-11-16-27-47)61-56(25-9-2)49-28-17-12-18-29-49)34-23-35-54(55)48-38-40-51(41-39-48)59-45(7)58(50-30-19-13-20-31-50)62-60(63-59)52-32-21-14-22-33-52/h10-23,25-41H,3,9H2,1-2,4-7H3/b42-36+,44-43+,46-37+,56-25+,61-57-. The van der Waals surface area contributed by atoms with E-state index in [2.05, 4.69) is 205 Å². The van der Waals surface area contributed by atoms with Crippen LogP contribution < -0.4 is 0 Å². The number of benzene rings is 6. The molecule has 1 aromatic heterocycles. The third-order valence-electron chi connectivity index (χ3n) is 11.2. The first-order valence-electron chi connectivity index (χ1n) is 21.6. The second-order valence-electron chi connectivity index (χ2n) is 15.4. The number of nitrogens with zero attached hydrogens (tertiary/aromatic N) is 3. The lowest BCUT2D eigenvalue weighted by Crippen LogP contribution is -2.05. The van der Waals surface area contributed by atoms with Gasteiger partial charge in [0.15, 0.2) is 5.82 Å². The summed E-state index contributed by atoms with van der Waals surface area (Å²) in [6, 6.07) is 56.5. The van der Waals surface area contributed by atoms with Crippen molar-refractivity contribution < 1.29 is 0 Å². The highest BCUT2D eigenvalue weighted by atomic mass is 14.9. The Morgan fingerprint density at radius 3 is 1.73 bits per heavy atom. The van der Waals surface area contributed by atoms with Crippen LogP contribution in [0, 0.1) is 18.8 Å². The van der Waals surface area contributed by atoms with E-state index in [1.54, 1.807) is 0 Å². The smallest absolute Gasteiger partial charge is 0.160 e. The Morgan fingerprint density at radius 2 is 1.16 bits per heavy atom. The quantitative estimate of drug-likeness (QED) is 0.0660. The van der Waals surface area contributed by atoms with Crippen LogP contribution in [0.3, 0.4) is 0 Å². The summed E-state index contributed by atoms with van der Waals surface area (Å²) in [4.78, 5) is 15.6. The minimum atomic E-state index is 0.699. The van der Waals surface area contributed by atoms with E-state index >= 15 is 0 Å². The number of rotatable bonds is 13. The van der Waals surface area contributed by atoms with E-state index in [0.717, 1.165) is 96.0 Å². The fraction of sp³-hybridized carbons (Fsp3) is 0.117. The summed E-state index contributed by atoms with van der Waals surface area (Å²) < 4.78 is 0. The van der Waals surface area contributed by atoms with E-state index in [4.69, 9.17) is 15.0 Å². The van der Waals surface area contributed by atoms with Crippen molar-refractivity contribution in [2.45, 2.75) is 48.0 Å². The van der Waals surface area contributed by atoms with Crippen molar-refractivity contribution >= 4 is 22.6 Å². The first-order chi connectivity index (χ1) is 30.8. The topological polar surface area (TPSA) is 38.1 Å². The minimum absolute atomic E-state index is 0.699. The molecule has 0 radical (unpaired) electrons. The lowest BCUT2D eigenvalue weighted by atomic mass is 9.90. The SMILES string of the molecule is C=C\C(=C/C=C(C)/C(=N/C(=C/CC)c1ccccc1)C(/C)=C(\C)c1ccccc1)c1cccc(-c2ccc(-c3nc(-c4ccccc4)nc(-c4ccccc4)c3C)cc2)c1C#CC. The Hall–Kier alpha value is -7.67. The maximum Gasteiger partial charge on any atom is 0.160 e. The fourth-order valence-corrected chi connectivity index (χ4v) is 7.75. The van der Waals surface area contributed by atoms with E-state index in [-0.39, 0.29) is 0 Å². The average Bonchev–Trinajstić information content (AvgIpc) is 3.34. The van der Waals surface area contributed by atoms with Crippen molar-refractivity contribution in [2.24, 2.45) is 4.99 Å². The molecule has 3 heteroatoms. The Bertz CT molecular complexity index is 2940. The minimum Gasteiger partial charge on any atom is -0.248 e. The van der Waals surface area contributed by atoms with Crippen LogP contribution in [0.1, 0.15) is 68.9 Å². The first kappa shape index (κ1) is 43.4. The molecular weight excluding hydrogens is 763 g/mol. The van der Waals surface area contributed by atoms with Crippen LogP contribution in [0.5, 0.6) is 0 Å². The Balaban J connectivity index is 1.29. The number of aromatic nitrogens is 2. The molecule has 0 N–H and O–H groups in total. The molecule has 63 heavy (non-hydrogen) atoms. The molecule has 0 atom stereocenters. The maximum atomic E-state index is 5.40. The zero-order chi connectivity index (χ0) is 44.1. The molecule has 1 heterocycles. The van der Waals surface area contributed by atoms with Gasteiger partial charge in [0, 0.05) is 27.8 Å². The molecular formula is C60H53N3. The normalized spacial score (nSPS) is 12.6. The molecule has 6 aromatic carbocycles. The van der Waals surface area contributed by atoms with Gasteiger partial charge in [0.2, 0.25) is 0 Å². The highest BCUT2D eigenvalue weighted by Crippen LogP contribution is 2.35. The molecule has 308 valence electrons. The van der Waals surface area contributed by atoms with Gasteiger partial charge in [-0.05, 0) is 91.1 Å². The third-order valence-corrected chi connectivity index (χ3v) is 11.2. The van der Waals surface area contributed by atoms with Gasteiger partial charge < -0.3 is 0 Å². The Labute approximate surface area is 374 Å². The van der Waals surface area contributed by atoms with Crippen molar-refractivity contribution in [3.05, 3.63) is 234 Å². The van der Waals surface area contributed by atoms with Crippen LogP contribution >= 0.6 is 0 Å². The number of hydrogen-bond acceptors (Lipinski definition) is 3. The monoisotopic (exact) mass is 815 g/mol. The van der Waals surface area contributed by atoms with Gasteiger partial charge >= 0.3 is 0 Å². The molecule has 0 aliphatic heterocycles. The summed E-state index contributed by atoms with van der Waals surface area (Å²) in [5.41, 5.74) is 18.5. The van der Waals surface area contributed by atoms with Crippen LogP contribution in [-0.4, -0.2) is 15.7 Å². The molecule has 0 unspecified atom stereocenters. The van der Waals surface area contributed by atoms with Gasteiger partial charge in [-0.1, -0.05) is 208 Å². The largest absolute Gasteiger partial charge is 0.248 e. The van der Waals surface area contributed by atoms with Gasteiger partial charge in [0.1, 0.15) is 0 Å². The fourth-order valence-electron chi connectivity index (χ4n) is 7.75. The molecule has 0 saturated heterocycles. The third kappa shape index (κ3) is 10.1. The van der Waals surface area contributed by atoms with E-state index < -0.39 is 0 Å². The molecule has 0 bridgehead atoms.